The molecule has 0 saturated heterocycles. The van der Waals surface area contributed by atoms with Gasteiger partial charge in [-0.2, -0.15) is 0 Å². The van der Waals surface area contributed by atoms with Crippen molar-refractivity contribution in [2.24, 2.45) is 0 Å². The van der Waals surface area contributed by atoms with E-state index >= 15 is 0 Å². The fourth-order valence-electron chi connectivity index (χ4n) is 1.35. The number of hydrogen-bond donors (Lipinski definition) is 0. The second-order valence-electron chi connectivity index (χ2n) is 4.04. The van der Waals surface area contributed by atoms with E-state index in [4.69, 9.17) is 9.47 Å². The molecule has 96 valence electrons. The van der Waals surface area contributed by atoms with Gasteiger partial charge in [0.05, 0.1) is 13.2 Å². The van der Waals surface area contributed by atoms with Crippen LogP contribution in [0.3, 0.4) is 0 Å². The minimum Gasteiger partial charge on any atom is -0.377 e. The molecule has 0 bridgehead atoms. The van der Waals surface area contributed by atoms with Gasteiger partial charge in [0, 0.05) is 13.2 Å². The first-order chi connectivity index (χ1) is 7.91. The number of unbranched alkanes of at least 4 members (excludes halogenated alkanes) is 4. The summed E-state index contributed by atoms with van der Waals surface area (Å²) < 4.78 is 10.9. The Bertz CT molecular complexity index is 128. The van der Waals surface area contributed by atoms with Crippen molar-refractivity contribution in [2.45, 2.75) is 52.4 Å². The standard InChI is InChI=1S/C14H28O2/c1-3-5-7-11-15-13-9-10-14-16-12-8-6-4-2/h9-10H,3-8,11-14H2,1-2H3. The molecule has 0 fully saturated rings. The number of ether oxygens (including phenoxy) is 2. The van der Waals surface area contributed by atoms with Crippen LogP contribution < -0.4 is 0 Å². The summed E-state index contributed by atoms with van der Waals surface area (Å²) in [4.78, 5) is 0. The zero-order valence-corrected chi connectivity index (χ0v) is 11.0. The monoisotopic (exact) mass is 228 g/mol. The Balaban J connectivity index is 2.98. The molecule has 0 heterocycles. The van der Waals surface area contributed by atoms with E-state index < -0.39 is 0 Å². The van der Waals surface area contributed by atoms with E-state index in [-0.39, 0.29) is 0 Å². The maximum Gasteiger partial charge on any atom is 0.0648 e. The molecular formula is C14H28O2. The van der Waals surface area contributed by atoms with Crippen molar-refractivity contribution in [1.82, 2.24) is 0 Å². The summed E-state index contributed by atoms with van der Waals surface area (Å²) in [5.74, 6) is 0. The summed E-state index contributed by atoms with van der Waals surface area (Å²) in [6.45, 7) is 7.63. The van der Waals surface area contributed by atoms with Gasteiger partial charge in [0.25, 0.3) is 0 Å². The summed E-state index contributed by atoms with van der Waals surface area (Å²) in [7, 11) is 0. The lowest BCUT2D eigenvalue weighted by molar-refractivity contribution is 0.149. The molecule has 0 saturated carbocycles. The van der Waals surface area contributed by atoms with E-state index in [1.165, 1.54) is 38.5 Å². The highest BCUT2D eigenvalue weighted by Gasteiger charge is 1.86. The van der Waals surface area contributed by atoms with Crippen LogP contribution in [-0.2, 0) is 9.47 Å². The molecule has 0 N–H and O–H groups in total. The van der Waals surface area contributed by atoms with Crippen LogP contribution in [0.25, 0.3) is 0 Å². The molecule has 16 heavy (non-hydrogen) atoms. The van der Waals surface area contributed by atoms with Crippen molar-refractivity contribution in [1.29, 1.82) is 0 Å². The van der Waals surface area contributed by atoms with Gasteiger partial charge in [0.15, 0.2) is 0 Å². The van der Waals surface area contributed by atoms with Gasteiger partial charge in [-0.25, -0.2) is 0 Å². The van der Waals surface area contributed by atoms with Gasteiger partial charge in [-0.3, -0.25) is 0 Å². The van der Waals surface area contributed by atoms with Crippen LogP contribution in [0.4, 0.5) is 0 Å². The van der Waals surface area contributed by atoms with Crippen LogP contribution in [0.2, 0.25) is 0 Å². The summed E-state index contributed by atoms with van der Waals surface area (Å²) in [6, 6.07) is 0. The third kappa shape index (κ3) is 13.7. The lowest BCUT2D eigenvalue weighted by Gasteiger charge is -2.00. The Morgan fingerprint density at radius 1 is 0.688 bits per heavy atom. The maximum atomic E-state index is 5.44. The van der Waals surface area contributed by atoms with Crippen LogP contribution in [0.1, 0.15) is 52.4 Å². The van der Waals surface area contributed by atoms with Crippen molar-refractivity contribution in [2.75, 3.05) is 26.4 Å². The molecular weight excluding hydrogens is 200 g/mol. The molecule has 0 amide bonds. The Labute approximate surface area is 101 Å². The predicted octanol–water partition coefficient (Wildman–Crippen LogP) is 3.96. The van der Waals surface area contributed by atoms with E-state index in [9.17, 15) is 0 Å². The van der Waals surface area contributed by atoms with Crippen LogP contribution in [0.15, 0.2) is 12.2 Å². The van der Waals surface area contributed by atoms with Gasteiger partial charge >= 0.3 is 0 Å². The predicted molar refractivity (Wildman–Crippen MR) is 69.8 cm³/mol. The van der Waals surface area contributed by atoms with Gasteiger partial charge in [-0.05, 0) is 12.8 Å². The Hall–Kier alpha value is -0.340. The summed E-state index contributed by atoms with van der Waals surface area (Å²) in [6.07, 6.45) is 11.5. The minimum absolute atomic E-state index is 0.724. The van der Waals surface area contributed by atoms with Crippen molar-refractivity contribution in [3.63, 3.8) is 0 Å². The van der Waals surface area contributed by atoms with Crippen molar-refractivity contribution in [3.8, 4) is 0 Å². The van der Waals surface area contributed by atoms with Crippen molar-refractivity contribution >= 4 is 0 Å². The second kappa shape index (κ2) is 14.7. The molecule has 0 spiro atoms. The third-order valence-corrected chi connectivity index (χ3v) is 2.38. The van der Waals surface area contributed by atoms with Crippen LogP contribution >= 0.6 is 0 Å². The Morgan fingerprint density at radius 3 is 1.50 bits per heavy atom. The maximum absolute atomic E-state index is 5.44. The van der Waals surface area contributed by atoms with Crippen molar-refractivity contribution < 1.29 is 9.47 Å². The molecule has 2 heteroatoms. The molecule has 0 aromatic heterocycles. The Kier molecular flexibility index (Phi) is 14.3. The fraction of sp³-hybridized carbons (Fsp3) is 0.857. The molecule has 0 unspecified atom stereocenters. The van der Waals surface area contributed by atoms with Gasteiger partial charge in [-0.15, -0.1) is 0 Å². The molecule has 0 rings (SSSR count). The van der Waals surface area contributed by atoms with E-state index in [1.54, 1.807) is 0 Å². The smallest absolute Gasteiger partial charge is 0.0648 e. The van der Waals surface area contributed by atoms with E-state index in [0.29, 0.717) is 0 Å². The molecule has 0 atom stereocenters. The summed E-state index contributed by atoms with van der Waals surface area (Å²) in [5, 5.41) is 0. The number of hydrogen-bond acceptors (Lipinski definition) is 2. The lowest BCUT2D eigenvalue weighted by atomic mass is 10.3. The molecule has 2 nitrogen and oxygen atoms in total. The highest BCUT2D eigenvalue weighted by molar-refractivity contribution is 4.81. The Morgan fingerprint density at radius 2 is 1.12 bits per heavy atom. The molecule has 0 radical (unpaired) electrons. The summed E-state index contributed by atoms with van der Waals surface area (Å²) in [5.41, 5.74) is 0. The van der Waals surface area contributed by atoms with Crippen molar-refractivity contribution in [3.05, 3.63) is 12.2 Å². The average molecular weight is 228 g/mol. The molecule has 0 aliphatic heterocycles. The fourth-order valence-corrected chi connectivity index (χ4v) is 1.35. The molecule has 0 aromatic carbocycles. The molecule has 0 aliphatic rings. The van der Waals surface area contributed by atoms with Gasteiger partial charge in [-0.1, -0.05) is 51.7 Å². The van der Waals surface area contributed by atoms with Gasteiger partial charge in [0.2, 0.25) is 0 Å². The zero-order valence-electron chi connectivity index (χ0n) is 11.0. The first kappa shape index (κ1) is 15.7. The lowest BCUT2D eigenvalue weighted by Crippen LogP contribution is -1.96. The van der Waals surface area contributed by atoms with E-state index in [1.807, 2.05) is 12.2 Å². The molecule has 0 aliphatic carbocycles. The van der Waals surface area contributed by atoms with Crippen LogP contribution in [0.5, 0.6) is 0 Å². The minimum atomic E-state index is 0.724. The van der Waals surface area contributed by atoms with Crippen LogP contribution in [0, 0.1) is 0 Å². The topological polar surface area (TPSA) is 18.5 Å². The summed E-state index contributed by atoms with van der Waals surface area (Å²) >= 11 is 0. The van der Waals surface area contributed by atoms with Crippen LogP contribution in [-0.4, -0.2) is 26.4 Å². The normalized spacial score (nSPS) is 11.4. The van der Waals surface area contributed by atoms with E-state index in [0.717, 1.165) is 26.4 Å². The zero-order chi connectivity index (χ0) is 11.9. The highest BCUT2D eigenvalue weighted by atomic mass is 16.5. The largest absolute Gasteiger partial charge is 0.377 e. The average Bonchev–Trinajstić information content (AvgIpc) is 2.31. The molecule has 0 aromatic rings. The first-order valence-electron chi connectivity index (χ1n) is 6.72. The SMILES string of the molecule is CCCCCOCC=CCOCCCCC. The third-order valence-electron chi connectivity index (χ3n) is 2.38. The van der Waals surface area contributed by atoms with E-state index in [2.05, 4.69) is 13.8 Å². The highest BCUT2D eigenvalue weighted by Crippen LogP contribution is 1.95. The quantitative estimate of drug-likeness (QED) is 0.372. The number of rotatable bonds is 12. The van der Waals surface area contributed by atoms with Gasteiger partial charge < -0.3 is 9.47 Å². The van der Waals surface area contributed by atoms with Gasteiger partial charge in [0.1, 0.15) is 0 Å². The second-order valence-corrected chi connectivity index (χ2v) is 4.04. The first-order valence-corrected chi connectivity index (χ1v) is 6.72.